The number of fused-ring (bicyclic) bond motifs is 5. The van der Waals surface area contributed by atoms with Gasteiger partial charge in [-0.2, -0.15) is 0 Å². The van der Waals surface area contributed by atoms with Gasteiger partial charge in [-0.25, -0.2) is 9.18 Å². The van der Waals surface area contributed by atoms with Crippen LogP contribution in [0.25, 0.3) is 0 Å². The Balaban J connectivity index is 1.72. The van der Waals surface area contributed by atoms with Gasteiger partial charge in [0, 0.05) is 29.1 Å². The van der Waals surface area contributed by atoms with E-state index in [1.54, 1.807) is 20.8 Å². The van der Waals surface area contributed by atoms with Gasteiger partial charge >= 0.3 is 11.9 Å². The van der Waals surface area contributed by atoms with Gasteiger partial charge < -0.3 is 19.4 Å². The van der Waals surface area contributed by atoms with E-state index in [4.69, 9.17) is 9.47 Å². The third kappa shape index (κ3) is 4.67. The van der Waals surface area contributed by atoms with Crippen molar-refractivity contribution < 1.29 is 48.1 Å². The fourth-order valence-corrected chi connectivity index (χ4v) is 8.35. The van der Waals surface area contributed by atoms with Gasteiger partial charge in [-0.15, -0.1) is 10.1 Å². The number of aliphatic hydroxyl groups excluding tert-OH is 1. The molecule has 226 valence electrons. The molecule has 0 heterocycles. The van der Waals surface area contributed by atoms with Crippen molar-refractivity contribution in [1.29, 1.82) is 0 Å². The molecule has 0 amide bonds. The Bertz CT molecular complexity index is 1200. The van der Waals surface area contributed by atoms with Crippen LogP contribution in [0.15, 0.2) is 23.8 Å². The molecule has 8 atom stereocenters. The summed E-state index contributed by atoms with van der Waals surface area (Å²) in [7, 11) is 0. The molecule has 0 spiro atoms. The largest absolute Gasteiger partial charge is 0.456 e. The van der Waals surface area contributed by atoms with Gasteiger partial charge in [0.05, 0.1) is 6.10 Å². The molecule has 0 saturated heterocycles. The lowest BCUT2D eigenvalue weighted by molar-refractivity contribution is -0.754. The number of nitrogens with zero attached hydrogens (tertiary/aromatic N) is 1. The standard InChI is InChI=1S/C29H38FNO10/c1-5-6-7-24(35)41-29(23(34)15-39-25(36)16-40-31(37)38)17(2)12-21-20-9-8-18-13-19(32)10-11-26(18,3)28(20,30)22(33)14-27(21,29)4/h10-11,13,17,20-22,33H,5-9,12,14-16H2,1-4H3/t17-,20?,21-,22-,26-,27-,28-,29-/m0/s1. The number of hydrogen-bond donors (Lipinski definition) is 1. The molecule has 4 rings (SSSR count). The van der Waals surface area contributed by atoms with Crippen LogP contribution in [0.5, 0.6) is 0 Å². The maximum Gasteiger partial charge on any atom is 0.332 e. The lowest BCUT2D eigenvalue weighted by atomic mass is 9.44. The Morgan fingerprint density at radius 3 is 2.56 bits per heavy atom. The Labute approximate surface area is 237 Å². The zero-order valence-corrected chi connectivity index (χ0v) is 23.9. The van der Waals surface area contributed by atoms with Crippen molar-refractivity contribution in [2.75, 3.05) is 13.2 Å². The highest BCUT2D eigenvalue weighted by molar-refractivity contribution is 6.01. The van der Waals surface area contributed by atoms with E-state index in [-0.39, 0.29) is 18.6 Å². The number of allylic oxidation sites excluding steroid dienone is 4. The average Bonchev–Trinajstić information content (AvgIpc) is 3.12. The Morgan fingerprint density at radius 2 is 1.90 bits per heavy atom. The number of ketones is 2. The van der Waals surface area contributed by atoms with Crippen LogP contribution in [0.3, 0.4) is 0 Å². The SMILES string of the molecule is CCCCC(=O)O[C@]1(C(=O)COC(=O)CO[N+](=O)[O-])[C@@H](C)C[C@H]2C3CCC4=CC(=O)C=C[C@]4(C)[C@@]3(F)[C@@H](O)C[C@@]21C. The predicted molar refractivity (Wildman–Crippen MR) is 140 cm³/mol. The second-order valence-corrected chi connectivity index (χ2v) is 12.3. The number of halogens is 1. The molecule has 0 aromatic heterocycles. The van der Waals surface area contributed by atoms with Crippen molar-refractivity contribution >= 4 is 23.5 Å². The summed E-state index contributed by atoms with van der Waals surface area (Å²) in [5.41, 5.74) is -5.82. The molecule has 3 fully saturated rings. The van der Waals surface area contributed by atoms with Gasteiger partial charge in [0.2, 0.25) is 5.78 Å². The minimum absolute atomic E-state index is 0.0412. The normalized spacial score (nSPS) is 39.1. The topological polar surface area (TPSA) is 159 Å². The molecule has 1 unspecified atom stereocenters. The van der Waals surface area contributed by atoms with Crippen LogP contribution in [0.2, 0.25) is 0 Å². The van der Waals surface area contributed by atoms with Gasteiger partial charge in [-0.1, -0.05) is 38.8 Å². The highest BCUT2D eigenvalue weighted by atomic mass is 19.1. The molecule has 0 aromatic rings. The molecule has 3 saturated carbocycles. The molecule has 4 aliphatic rings. The summed E-state index contributed by atoms with van der Waals surface area (Å²) < 4.78 is 28.5. The van der Waals surface area contributed by atoms with Gasteiger partial charge in [-0.3, -0.25) is 14.4 Å². The average molecular weight is 580 g/mol. The second-order valence-electron chi connectivity index (χ2n) is 12.3. The van der Waals surface area contributed by atoms with Crippen LogP contribution in [0.4, 0.5) is 4.39 Å². The summed E-state index contributed by atoms with van der Waals surface area (Å²) >= 11 is 0. The summed E-state index contributed by atoms with van der Waals surface area (Å²) in [5, 5.41) is 20.9. The van der Waals surface area contributed by atoms with Crippen LogP contribution in [0, 0.1) is 38.7 Å². The number of unbranched alkanes of at least 4 members (excludes halogenated alkanes) is 1. The van der Waals surface area contributed by atoms with Crippen molar-refractivity contribution in [1.82, 2.24) is 0 Å². The zero-order valence-electron chi connectivity index (χ0n) is 23.9. The summed E-state index contributed by atoms with van der Waals surface area (Å²) in [6.07, 6.45) is 4.84. The van der Waals surface area contributed by atoms with E-state index in [0.29, 0.717) is 37.7 Å². The van der Waals surface area contributed by atoms with Crippen molar-refractivity contribution in [2.45, 2.75) is 90.0 Å². The minimum Gasteiger partial charge on any atom is -0.456 e. The van der Waals surface area contributed by atoms with Crippen molar-refractivity contribution in [2.24, 2.45) is 28.6 Å². The van der Waals surface area contributed by atoms with Crippen LogP contribution in [-0.4, -0.2) is 64.3 Å². The number of hydrogen-bond acceptors (Lipinski definition) is 10. The second kappa shape index (κ2) is 10.9. The van der Waals surface area contributed by atoms with E-state index in [1.807, 2.05) is 6.92 Å². The molecule has 1 N–H and O–H groups in total. The molecule has 0 aromatic carbocycles. The first-order valence-electron chi connectivity index (χ1n) is 14.2. The van der Waals surface area contributed by atoms with E-state index in [2.05, 4.69) is 4.84 Å². The summed E-state index contributed by atoms with van der Waals surface area (Å²) in [4.78, 5) is 65.6. The number of rotatable bonds is 10. The van der Waals surface area contributed by atoms with Gasteiger partial charge in [0.1, 0.15) is 0 Å². The molecule has 0 aliphatic heterocycles. The van der Waals surface area contributed by atoms with Crippen LogP contribution in [0.1, 0.15) is 72.6 Å². The van der Waals surface area contributed by atoms with Crippen molar-refractivity contribution in [3.8, 4) is 0 Å². The van der Waals surface area contributed by atoms with E-state index in [9.17, 15) is 34.4 Å². The minimum atomic E-state index is -2.14. The quantitative estimate of drug-likeness (QED) is 0.231. The third-order valence-corrected chi connectivity index (χ3v) is 10.3. The maximum atomic E-state index is 17.5. The molecule has 0 bridgehead atoms. The third-order valence-electron chi connectivity index (χ3n) is 10.3. The number of ether oxygens (including phenoxy) is 2. The fourth-order valence-electron chi connectivity index (χ4n) is 8.35. The van der Waals surface area contributed by atoms with E-state index >= 15 is 4.39 Å². The van der Waals surface area contributed by atoms with Crippen molar-refractivity contribution in [3.05, 3.63) is 33.9 Å². The molecule has 4 aliphatic carbocycles. The monoisotopic (exact) mass is 579 g/mol. The Hall–Kier alpha value is -3.15. The van der Waals surface area contributed by atoms with E-state index < -0.39 is 82.0 Å². The summed E-state index contributed by atoms with van der Waals surface area (Å²) in [6.45, 7) is 5.18. The van der Waals surface area contributed by atoms with Gasteiger partial charge in [0.25, 0.3) is 5.09 Å². The van der Waals surface area contributed by atoms with E-state index in [0.717, 1.165) is 0 Å². The van der Waals surface area contributed by atoms with Crippen LogP contribution in [-0.2, 0) is 33.5 Å². The molecular formula is C29H38FNO10. The fraction of sp³-hybridized carbons (Fsp3) is 0.724. The lowest BCUT2D eigenvalue weighted by Gasteiger charge is -2.62. The number of aliphatic hydroxyl groups is 1. The number of carbonyl (C=O) groups is 4. The first-order chi connectivity index (χ1) is 19.2. The van der Waals surface area contributed by atoms with Crippen molar-refractivity contribution in [3.63, 3.8) is 0 Å². The summed E-state index contributed by atoms with van der Waals surface area (Å²) in [5.74, 6) is -4.58. The molecular weight excluding hydrogens is 541 g/mol. The molecule has 41 heavy (non-hydrogen) atoms. The summed E-state index contributed by atoms with van der Waals surface area (Å²) in [6, 6.07) is 0. The zero-order chi connectivity index (χ0) is 30.4. The van der Waals surface area contributed by atoms with Gasteiger partial charge in [-0.05, 0) is 57.1 Å². The number of alkyl halides is 1. The van der Waals surface area contributed by atoms with Gasteiger partial charge in [0.15, 0.2) is 30.3 Å². The molecule has 11 nitrogen and oxygen atoms in total. The number of Topliss-reactive ketones (excluding diaryl/α,β-unsaturated/α-hetero) is 1. The van der Waals surface area contributed by atoms with Crippen LogP contribution >= 0.6 is 0 Å². The molecule has 0 radical (unpaired) electrons. The Kier molecular flexibility index (Phi) is 8.20. The first kappa shape index (κ1) is 30.8. The Morgan fingerprint density at radius 1 is 1.20 bits per heavy atom. The maximum absolute atomic E-state index is 17.5. The molecule has 12 heteroatoms. The number of carbonyl (C=O) groups excluding carboxylic acids is 4. The lowest BCUT2D eigenvalue weighted by Crippen LogP contribution is -2.70. The predicted octanol–water partition coefficient (Wildman–Crippen LogP) is 3.40. The number of esters is 2. The highest BCUT2D eigenvalue weighted by Crippen LogP contribution is 2.71. The smallest absolute Gasteiger partial charge is 0.332 e. The first-order valence-corrected chi connectivity index (χ1v) is 14.2. The van der Waals surface area contributed by atoms with Crippen LogP contribution < -0.4 is 0 Å². The van der Waals surface area contributed by atoms with E-state index in [1.165, 1.54) is 18.2 Å². The highest BCUT2D eigenvalue weighted by Gasteiger charge is 2.77.